The van der Waals surface area contributed by atoms with E-state index in [9.17, 15) is 8.42 Å². The third kappa shape index (κ3) is 3.50. The van der Waals surface area contributed by atoms with Crippen LogP contribution in [-0.4, -0.2) is 32.0 Å². The summed E-state index contributed by atoms with van der Waals surface area (Å²) in [5, 5.41) is 8.63. The summed E-state index contributed by atoms with van der Waals surface area (Å²) in [6.45, 7) is 3.43. The molecule has 1 aromatic rings. The van der Waals surface area contributed by atoms with E-state index in [4.69, 9.17) is 9.84 Å². The second-order valence-corrected chi connectivity index (χ2v) is 5.79. The number of benzene rings is 1. The van der Waals surface area contributed by atoms with Crippen molar-refractivity contribution in [2.24, 2.45) is 0 Å². The smallest absolute Gasteiger partial charge is 0.180 e. The molecule has 1 rings (SSSR count). The molecule has 0 unspecified atom stereocenters. The van der Waals surface area contributed by atoms with E-state index >= 15 is 0 Å². The van der Waals surface area contributed by atoms with E-state index in [0.29, 0.717) is 5.75 Å². The highest BCUT2D eigenvalue weighted by molar-refractivity contribution is 7.91. The number of aliphatic hydroxyl groups excluding tert-OH is 1. The van der Waals surface area contributed by atoms with Crippen molar-refractivity contribution < 1.29 is 18.3 Å². The van der Waals surface area contributed by atoms with E-state index in [-0.39, 0.29) is 23.4 Å². The molecule has 0 aliphatic carbocycles. The minimum Gasteiger partial charge on any atom is -0.491 e. The standard InChI is InChI=1S/C11H16O4S/c1-9(2)15-10-3-5-11(6-4-10)16(13,14)8-7-12/h3-6,9,12H,7-8H2,1-2H3. The zero-order valence-corrected chi connectivity index (χ0v) is 10.2. The van der Waals surface area contributed by atoms with Gasteiger partial charge in [-0.3, -0.25) is 0 Å². The van der Waals surface area contributed by atoms with Gasteiger partial charge in [0.05, 0.1) is 23.4 Å². The number of ether oxygens (including phenoxy) is 1. The van der Waals surface area contributed by atoms with Crippen LogP contribution in [0.25, 0.3) is 0 Å². The number of aliphatic hydroxyl groups is 1. The SMILES string of the molecule is CC(C)Oc1ccc(S(=O)(=O)CCO)cc1. The van der Waals surface area contributed by atoms with Gasteiger partial charge in [-0.05, 0) is 38.1 Å². The molecule has 16 heavy (non-hydrogen) atoms. The first kappa shape index (κ1) is 13.0. The monoisotopic (exact) mass is 244 g/mol. The third-order valence-electron chi connectivity index (χ3n) is 1.91. The first-order chi connectivity index (χ1) is 7.45. The topological polar surface area (TPSA) is 63.6 Å². The minimum absolute atomic E-state index is 0.0555. The summed E-state index contributed by atoms with van der Waals surface area (Å²) in [6, 6.07) is 6.21. The van der Waals surface area contributed by atoms with E-state index in [1.165, 1.54) is 12.1 Å². The normalized spacial score (nSPS) is 11.8. The Balaban J connectivity index is 2.87. The van der Waals surface area contributed by atoms with E-state index in [1.807, 2.05) is 13.8 Å². The van der Waals surface area contributed by atoms with Gasteiger partial charge < -0.3 is 9.84 Å². The summed E-state index contributed by atoms with van der Waals surface area (Å²) < 4.78 is 28.5. The Kier molecular flexibility index (Phi) is 4.32. The fraction of sp³-hybridized carbons (Fsp3) is 0.455. The van der Waals surface area contributed by atoms with Gasteiger partial charge in [0.25, 0.3) is 0 Å². The van der Waals surface area contributed by atoms with Gasteiger partial charge in [-0.2, -0.15) is 0 Å². The predicted octanol–water partition coefficient (Wildman–Crippen LogP) is 1.24. The van der Waals surface area contributed by atoms with Crippen molar-refractivity contribution in [2.45, 2.75) is 24.8 Å². The highest BCUT2D eigenvalue weighted by Gasteiger charge is 2.13. The maximum absolute atomic E-state index is 11.6. The van der Waals surface area contributed by atoms with Crippen molar-refractivity contribution in [2.75, 3.05) is 12.4 Å². The molecular formula is C11H16O4S. The largest absolute Gasteiger partial charge is 0.491 e. The summed E-state index contributed by atoms with van der Waals surface area (Å²) in [4.78, 5) is 0.206. The molecule has 1 aromatic carbocycles. The van der Waals surface area contributed by atoms with Crippen LogP contribution in [-0.2, 0) is 9.84 Å². The lowest BCUT2D eigenvalue weighted by Gasteiger charge is -2.10. The van der Waals surface area contributed by atoms with Gasteiger partial charge >= 0.3 is 0 Å². The zero-order valence-electron chi connectivity index (χ0n) is 9.38. The van der Waals surface area contributed by atoms with Crippen LogP contribution < -0.4 is 4.74 Å². The summed E-state index contributed by atoms with van der Waals surface area (Å²) in [7, 11) is -3.36. The van der Waals surface area contributed by atoms with Crippen molar-refractivity contribution in [3.63, 3.8) is 0 Å². The van der Waals surface area contributed by atoms with Gasteiger partial charge in [0, 0.05) is 0 Å². The second-order valence-electron chi connectivity index (χ2n) is 3.68. The van der Waals surface area contributed by atoms with E-state index in [0.717, 1.165) is 0 Å². The maximum Gasteiger partial charge on any atom is 0.180 e. The molecule has 0 atom stereocenters. The first-order valence-corrected chi connectivity index (χ1v) is 6.71. The Labute approximate surface area is 95.8 Å². The number of hydrogen-bond donors (Lipinski definition) is 1. The van der Waals surface area contributed by atoms with Gasteiger partial charge in [0.15, 0.2) is 9.84 Å². The molecule has 0 aromatic heterocycles. The van der Waals surface area contributed by atoms with Crippen LogP contribution in [0.15, 0.2) is 29.2 Å². The van der Waals surface area contributed by atoms with Gasteiger partial charge in [-0.25, -0.2) is 8.42 Å². The number of rotatable bonds is 5. The molecule has 0 radical (unpaired) electrons. The summed E-state index contributed by atoms with van der Waals surface area (Å²) in [5.74, 6) is 0.384. The molecule has 0 saturated heterocycles. The van der Waals surface area contributed by atoms with Crippen LogP contribution in [0.3, 0.4) is 0 Å². The quantitative estimate of drug-likeness (QED) is 0.846. The molecular weight excluding hydrogens is 228 g/mol. The molecule has 4 nitrogen and oxygen atoms in total. The number of hydrogen-bond acceptors (Lipinski definition) is 4. The Morgan fingerprint density at radius 3 is 2.25 bits per heavy atom. The molecule has 90 valence electrons. The Bertz CT molecular complexity index is 420. The lowest BCUT2D eigenvalue weighted by atomic mass is 10.3. The van der Waals surface area contributed by atoms with Crippen molar-refractivity contribution in [3.8, 4) is 5.75 Å². The molecule has 0 heterocycles. The molecule has 0 spiro atoms. The van der Waals surface area contributed by atoms with Gasteiger partial charge in [-0.15, -0.1) is 0 Å². The Morgan fingerprint density at radius 1 is 1.25 bits per heavy atom. The van der Waals surface area contributed by atoms with Gasteiger partial charge in [0.2, 0.25) is 0 Å². The predicted molar refractivity (Wildman–Crippen MR) is 61.3 cm³/mol. The average Bonchev–Trinajstić information content (AvgIpc) is 2.17. The molecule has 0 aliphatic heterocycles. The lowest BCUT2D eigenvalue weighted by molar-refractivity contribution is 0.242. The van der Waals surface area contributed by atoms with E-state index in [1.54, 1.807) is 12.1 Å². The molecule has 0 saturated carbocycles. The minimum atomic E-state index is -3.36. The van der Waals surface area contributed by atoms with Crippen LogP contribution in [0.1, 0.15) is 13.8 Å². The maximum atomic E-state index is 11.6. The van der Waals surface area contributed by atoms with Crippen molar-refractivity contribution in [1.82, 2.24) is 0 Å². The molecule has 1 N–H and O–H groups in total. The van der Waals surface area contributed by atoms with Crippen LogP contribution in [0.2, 0.25) is 0 Å². The van der Waals surface area contributed by atoms with Crippen molar-refractivity contribution in [3.05, 3.63) is 24.3 Å². The fourth-order valence-corrected chi connectivity index (χ4v) is 2.26. The number of sulfone groups is 1. The van der Waals surface area contributed by atoms with Gasteiger partial charge in [-0.1, -0.05) is 0 Å². The van der Waals surface area contributed by atoms with Crippen LogP contribution in [0.5, 0.6) is 5.75 Å². The molecule has 0 aliphatic rings. The highest BCUT2D eigenvalue weighted by atomic mass is 32.2. The summed E-state index contributed by atoms with van der Waals surface area (Å²) in [5.41, 5.74) is 0. The Morgan fingerprint density at radius 2 is 1.81 bits per heavy atom. The fourth-order valence-electron chi connectivity index (χ4n) is 1.24. The molecule has 0 amide bonds. The Hall–Kier alpha value is -1.07. The average molecular weight is 244 g/mol. The zero-order chi connectivity index (χ0) is 12.2. The molecule has 0 bridgehead atoms. The summed E-state index contributed by atoms with van der Waals surface area (Å²) in [6.07, 6.45) is 0.0555. The molecule has 0 fully saturated rings. The van der Waals surface area contributed by atoms with Crippen molar-refractivity contribution in [1.29, 1.82) is 0 Å². The van der Waals surface area contributed by atoms with Crippen LogP contribution >= 0.6 is 0 Å². The third-order valence-corrected chi connectivity index (χ3v) is 3.63. The lowest BCUT2D eigenvalue weighted by Crippen LogP contribution is -2.10. The van der Waals surface area contributed by atoms with E-state index < -0.39 is 9.84 Å². The van der Waals surface area contributed by atoms with Crippen molar-refractivity contribution >= 4 is 9.84 Å². The van der Waals surface area contributed by atoms with Gasteiger partial charge in [0.1, 0.15) is 5.75 Å². The van der Waals surface area contributed by atoms with E-state index in [2.05, 4.69) is 0 Å². The first-order valence-electron chi connectivity index (χ1n) is 5.06. The molecule has 5 heteroatoms. The van der Waals surface area contributed by atoms with Crippen LogP contribution in [0, 0.1) is 0 Å². The highest BCUT2D eigenvalue weighted by Crippen LogP contribution is 2.17. The summed E-state index contributed by atoms with van der Waals surface area (Å²) >= 11 is 0. The van der Waals surface area contributed by atoms with Crippen LogP contribution in [0.4, 0.5) is 0 Å². The second kappa shape index (κ2) is 5.32.